The van der Waals surface area contributed by atoms with Gasteiger partial charge in [-0.05, 0) is 36.4 Å². The summed E-state index contributed by atoms with van der Waals surface area (Å²) in [5.74, 6) is -2.67. The van der Waals surface area contributed by atoms with Crippen LogP contribution in [0.25, 0.3) is 0 Å². The number of halogens is 2. The first-order valence-corrected chi connectivity index (χ1v) is 9.31. The average molecular weight is 453 g/mol. The molecule has 2 aromatic rings. The summed E-state index contributed by atoms with van der Waals surface area (Å²) in [5.41, 5.74) is 0.550. The summed E-state index contributed by atoms with van der Waals surface area (Å²) < 4.78 is 14.3. The predicted molar refractivity (Wildman–Crippen MR) is 105 cm³/mol. The van der Waals surface area contributed by atoms with E-state index < -0.39 is 17.7 Å². The van der Waals surface area contributed by atoms with Crippen LogP contribution in [0.4, 0.5) is 15.8 Å². The maximum absolute atomic E-state index is 13.7. The van der Waals surface area contributed by atoms with Gasteiger partial charge in [0.15, 0.2) is 0 Å². The van der Waals surface area contributed by atoms with E-state index in [-0.39, 0.29) is 17.3 Å². The summed E-state index contributed by atoms with van der Waals surface area (Å²) in [6.07, 6.45) is 1.64. The Balaban J connectivity index is 1.91. The molecule has 0 radical (unpaired) electrons. The molecule has 9 heteroatoms. The van der Waals surface area contributed by atoms with Crippen LogP contribution in [0.15, 0.2) is 64.0 Å². The first kappa shape index (κ1) is 20.7. The Bertz CT molecular complexity index is 905. The second kappa shape index (κ2) is 9.89. The van der Waals surface area contributed by atoms with E-state index in [4.69, 9.17) is 5.11 Å². The lowest BCUT2D eigenvalue weighted by molar-refractivity contribution is -0.131. The van der Waals surface area contributed by atoms with E-state index in [0.717, 1.165) is 12.2 Å². The van der Waals surface area contributed by atoms with Crippen LogP contribution >= 0.6 is 27.7 Å². The smallest absolute Gasteiger partial charge is 0.328 e. The minimum absolute atomic E-state index is 0.0474. The lowest BCUT2D eigenvalue weighted by Crippen LogP contribution is -2.15. The van der Waals surface area contributed by atoms with Gasteiger partial charge in [0.1, 0.15) is 5.82 Å². The van der Waals surface area contributed by atoms with E-state index in [2.05, 4.69) is 26.6 Å². The van der Waals surface area contributed by atoms with E-state index in [0.29, 0.717) is 15.1 Å². The van der Waals surface area contributed by atoms with Crippen molar-refractivity contribution in [3.8, 4) is 0 Å². The van der Waals surface area contributed by atoms with Crippen LogP contribution in [-0.2, 0) is 14.4 Å². The fraction of sp³-hybridized carbons (Fsp3) is 0.0556. The highest BCUT2D eigenvalue weighted by Gasteiger charge is 2.09. The molecule has 0 saturated carbocycles. The maximum Gasteiger partial charge on any atom is 0.328 e. The monoisotopic (exact) mass is 452 g/mol. The number of carboxylic acids is 1. The van der Waals surface area contributed by atoms with Gasteiger partial charge >= 0.3 is 5.97 Å². The van der Waals surface area contributed by atoms with Crippen LogP contribution < -0.4 is 10.6 Å². The molecule has 0 aliphatic rings. The normalized spacial score (nSPS) is 10.6. The lowest BCUT2D eigenvalue weighted by atomic mass is 10.3. The fourth-order valence-electron chi connectivity index (χ4n) is 1.92. The van der Waals surface area contributed by atoms with Gasteiger partial charge in [0, 0.05) is 27.2 Å². The topological polar surface area (TPSA) is 95.5 Å². The summed E-state index contributed by atoms with van der Waals surface area (Å²) in [7, 11) is 0. The zero-order chi connectivity index (χ0) is 19.8. The largest absolute Gasteiger partial charge is 0.478 e. The quantitative estimate of drug-likeness (QED) is 0.437. The molecule has 3 N–H and O–H groups in total. The highest BCUT2D eigenvalue weighted by molar-refractivity contribution is 9.10. The van der Waals surface area contributed by atoms with Gasteiger partial charge in [0.25, 0.3) is 0 Å². The van der Waals surface area contributed by atoms with E-state index in [9.17, 15) is 18.8 Å². The minimum Gasteiger partial charge on any atom is -0.478 e. The Morgan fingerprint density at radius 3 is 2.59 bits per heavy atom. The summed E-state index contributed by atoms with van der Waals surface area (Å²) in [6, 6.07) is 11.1. The number of hydrogen-bond acceptors (Lipinski definition) is 4. The van der Waals surface area contributed by atoms with Gasteiger partial charge < -0.3 is 15.7 Å². The Kier molecular flexibility index (Phi) is 7.56. The minimum atomic E-state index is -1.22. The number of rotatable bonds is 7. The number of aliphatic carboxylic acids is 1. The molecule has 0 heterocycles. The van der Waals surface area contributed by atoms with E-state index in [1.54, 1.807) is 30.3 Å². The Morgan fingerprint density at radius 1 is 1.11 bits per heavy atom. The fourth-order valence-corrected chi connectivity index (χ4v) is 3.01. The van der Waals surface area contributed by atoms with Crippen LogP contribution in [0.3, 0.4) is 0 Å². The third-order valence-electron chi connectivity index (χ3n) is 3.05. The summed E-state index contributed by atoms with van der Waals surface area (Å²) in [5, 5.41) is 13.5. The summed E-state index contributed by atoms with van der Waals surface area (Å²) in [4.78, 5) is 34.7. The number of carbonyl (C=O) groups excluding carboxylic acids is 2. The van der Waals surface area contributed by atoms with Crippen molar-refractivity contribution < 1.29 is 23.9 Å². The molecule has 2 rings (SSSR count). The molecule has 0 spiro atoms. The number of anilines is 2. The number of hydrogen-bond donors (Lipinski definition) is 3. The zero-order valence-electron chi connectivity index (χ0n) is 13.7. The standard InChI is InChI=1S/C18H14BrFN2O4S/c19-11-4-5-15(14(20)8-11)22-17(24)10-27-13-3-1-2-12(9-13)21-16(23)6-7-18(25)26/h1-9H,10H2,(H,21,23)(H,22,24)(H,25,26)/b7-6+. The summed E-state index contributed by atoms with van der Waals surface area (Å²) >= 11 is 4.35. The maximum atomic E-state index is 13.7. The van der Waals surface area contributed by atoms with Crippen molar-refractivity contribution >= 4 is 56.9 Å². The SMILES string of the molecule is O=C(O)/C=C/C(=O)Nc1cccc(SCC(=O)Nc2ccc(Br)cc2F)c1. The highest BCUT2D eigenvalue weighted by atomic mass is 79.9. The van der Waals surface area contributed by atoms with Crippen LogP contribution in [0.1, 0.15) is 0 Å². The molecule has 0 aliphatic heterocycles. The van der Waals surface area contributed by atoms with Crippen molar-refractivity contribution in [2.24, 2.45) is 0 Å². The molecule has 0 fully saturated rings. The number of amides is 2. The van der Waals surface area contributed by atoms with E-state index in [1.807, 2.05) is 0 Å². The molecular weight excluding hydrogens is 439 g/mol. The molecule has 0 atom stereocenters. The number of carbonyl (C=O) groups is 3. The molecule has 0 bridgehead atoms. The van der Waals surface area contributed by atoms with Gasteiger partial charge in [-0.15, -0.1) is 11.8 Å². The molecule has 27 heavy (non-hydrogen) atoms. The molecular formula is C18H14BrFN2O4S. The van der Waals surface area contributed by atoms with E-state index >= 15 is 0 Å². The molecule has 0 saturated heterocycles. The van der Waals surface area contributed by atoms with Gasteiger partial charge in [-0.2, -0.15) is 0 Å². The average Bonchev–Trinajstić information content (AvgIpc) is 2.61. The third kappa shape index (κ3) is 7.24. The Morgan fingerprint density at radius 2 is 1.89 bits per heavy atom. The molecule has 0 unspecified atom stereocenters. The first-order chi connectivity index (χ1) is 12.8. The predicted octanol–water partition coefficient (Wildman–Crippen LogP) is 3.90. The number of carboxylic acid groups (broad SMARTS) is 1. The van der Waals surface area contributed by atoms with Crippen molar-refractivity contribution in [1.82, 2.24) is 0 Å². The van der Waals surface area contributed by atoms with Gasteiger partial charge in [-0.3, -0.25) is 9.59 Å². The molecule has 2 amide bonds. The van der Waals surface area contributed by atoms with Crippen molar-refractivity contribution in [2.75, 3.05) is 16.4 Å². The van der Waals surface area contributed by atoms with Gasteiger partial charge in [-0.25, -0.2) is 9.18 Å². The van der Waals surface area contributed by atoms with Gasteiger partial charge in [0.2, 0.25) is 11.8 Å². The molecule has 2 aromatic carbocycles. The first-order valence-electron chi connectivity index (χ1n) is 7.53. The Labute approximate surface area is 167 Å². The molecule has 140 valence electrons. The zero-order valence-corrected chi connectivity index (χ0v) is 16.1. The Hall–Kier alpha value is -2.65. The van der Waals surface area contributed by atoms with Gasteiger partial charge in [0.05, 0.1) is 11.4 Å². The second-order valence-corrected chi connectivity index (χ2v) is 7.11. The number of benzene rings is 2. The summed E-state index contributed by atoms with van der Waals surface area (Å²) in [6.45, 7) is 0. The molecule has 0 aliphatic carbocycles. The molecule has 6 nitrogen and oxygen atoms in total. The lowest BCUT2D eigenvalue weighted by Gasteiger charge is -2.08. The van der Waals surface area contributed by atoms with Gasteiger partial charge in [-0.1, -0.05) is 22.0 Å². The van der Waals surface area contributed by atoms with Crippen LogP contribution in [0, 0.1) is 5.82 Å². The van der Waals surface area contributed by atoms with Crippen molar-refractivity contribution in [1.29, 1.82) is 0 Å². The van der Waals surface area contributed by atoms with Crippen LogP contribution in [-0.4, -0.2) is 28.6 Å². The van der Waals surface area contributed by atoms with Crippen molar-refractivity contribution in [3.05, 3.63) is 64.9 Å². The van der Waals surface area contributed by atoms with Crippen LogP contribution in [0.2, 0.25) is 0 Å². The van der Waals surface area contributed by atoms with Crippen molar-refractivity contribution in [3.63, 3.8) is 0 Å². The number of nitrogens with one attached hydrogen (secondary N) is 2. The van der Waals surface area contributed by atoms with E-state index in [1.165, 1.54) is 23.9 Å². The number of thioether (sulfide) groups is 1. The third-order valence-corrected chi connectivity index (χ3v) is 4.54. The van der Waals surface area contributed by atoms with Crippen molar-refractivity contribution in [2.45, 2.75) is 4.90 Å². The second-order valence-electron chi connectivity index (χ2n) is 5.15. The van der Waals surface area contributed by atoms with Crippen LogP contribution in [0.5, 0.6) is 0 Å². The highest BCUT2D eigenvalue weighted by Crippen LogP contribution is 2.23. The molecule has 0 aromatic heterocycles.